The van der Waals surface area contributed by atoms with E-state index >= 15 is 0 Å². The highest BCUT2D eigenvalue weighted by Gasteiger charge is 2.21. The Bertz CT molecular complexity index is 764. The Labute approximate surface area is 127 Å². The van der Waals surface area contributed by atoms with Gasteiger partial charge in [-0.1, -0.05) is 6.07 Å². The highest BCUT2D eigenvalue weighted by atomic mass is 16.1. The van der Waals surface area contributed by atoms with Crippen LogP contribution in [0, 0.1) is 0 Å². The van der Waals surface area contributed by atoms with E-state index < -0.39 is 0 Å². The Morgan fingerprint density at radius 1 is 1.14 bits per heavy atom. The SMILES string of the molecule is O=C1N=Nc2nc(CN3CCCNCC3)nc3cccc1c23. The number of hydrogen-bond acceptors (Lipinski definition) is 6. The van der Waals surface area contributed by atoms with E-state index in [0.717, 1.165) is 43.9 Å². The third kappa shape index (κ3) is 2.38. The normalized spacial score (nSPS) is 18.6. The first-order chi connectivity index (χ1) is 10.8. The van der Waals surface area contributed by atoms with Crippen molar-refractivity contribution < 1.29 is 4.79 Å². The van der Waals surface area contributed by atoms with Gasteiger partial charge in [-0.2, -0.15) is 0 Å². The molecule has 4 rings (SSSR count). The number of nitrogens with zero attached hydrogens (tertiary/aromatic N) is 5. The fraction of sp³-hybridized carbons (Fsp3) is 0.400. The van der Waals surface area contributed by atoms with E-state index in [1.165, 1.54) is 0 Å². The fourth-order valence-corrected chi connectivity index (χ4v) is 2.94. The lowest BCUT2D eigenvalue weighted by atomic mass is 10.1. The lowest BCUT2D eigenvalue weighted by Gasteiger charge is -2.19. The molecule has 1 saturated heterocycles. The highest BCUT2D eigenvalue weighted by molar-refractivity contribution is 6.11. The number of azo groups is 1. The van der Waals surface area contributed by atoms with Gasteiger partial charge in [0.2, 0.25) is 0 Å². The number of amides is 1. The number of benzene rings is 1. The first-order valence-corrected chi connectivity index (χ1v) is 7.50. The Hall–Kier alpha value is -2.25. The van der Waals surface area contributed by atoms with Crippen LogP contribution in [0.15, 0.2) is 28.4 Å². The number of rotatable bonds is 2. The molecule has 0 unspecified atom stereocenters. The molecule has 7 heteroatoms. The third-order valence-corrected chi connectivity index (χ3v) is 4.01. The molecule has 2 aliphatic rings. The minimum absolute atomic E-state index is 0.326. The zero-order chi connectivity index (χ0) is 14.9. The molecule has 7 nitrogen and oxygen atoms in total. The Morgan fingerprint density at radius 3 is 3.05 bits per heavy atom. The maximum Gasteiger partial charge on any atom is 0.296 e. The summed E-state index contributed by atoms with van der Waals surface area (Å²) in [5.41, 5.74) is 1.30. The number of aromatic nitrogens is 2. The third-order valence-electron chi connectivity index (χ3n) is 4.01. The summed E-state index contributed by atoms with van der Waals surface area (Å²) in [6.07, 6.45) is 1.12. The van der Waals surface area contributed by atoms with Crippen molar-refractivity contribution in [3.05, 3.63) is 29.6 Å². The molecular weight excluding hydrogens is 280 g/mol. The predicted octanol–water partition coefficient (Wildman–Crippen LogP) is 1.66. The summed E-state index contributed by atoms with van der Waals surface area (Å²) >= 11 is 0. The topological polar surface area (TPSA) is 82.8 Å². The standard InChI is InChI=1S/C15H16N6O/c22-15-10-3-1-4-11-13(10)14(19-20-15)18-12(17-11)9-21-7-2-5-16-6-8-21/h1,3-4,16H,2,5-9H2. The fourth-order valence-electron chi connectivity index (χ4n) is 2.94. The lowest BCUT2D eigenvalue weighted by Crippen LogP contribution is -2.28. The van der Waals surface area contributed by atoms with E-state index in [1.54, 1.807) is 6.07 Å². The van der Waals surface area contributed by atoms with Crippen molar-refractivity contribution in [3.8, 4) is 0 Å². The zero-order valence-corrected chi connectivity index (χ0v) is 12.1. The number of hydrogen-bond donors (Lipinski definition) is 1. The summed E-state index contributed by atoms with van der Waals surface area (Å²) in [5.74, 6) is 0.908. The van der Waals surface area contributed by atoms with Gasteiger partial charge < -0.3 is 5.32 Å². The monoisotopic (exact) mass is 296 g/mol. The molecule has 0 aliphatic carbocycles. The molecule has 1 aromatic carbocycles. The molecular formula is C15H16N6O. The summed E-state index contributed by atoms with van der Waals surface area (Å²) in [4.78, 5) is 23.2. The van der Waals surface area contributed by atoms with E-state index in [1.807, 2.05) is 12.1 Å². The molecule has 3 heterocycles. The smallest absolute Gasteiger partial charge is 0.296 e. The van der Waals surface area contributed by atoms with Gasteiger partial charge in [-0.15, -0.1) is 10.2 Å². The molecule has 0 bridgehead atoms. The van der Waals surface area contributed by atoms with Crippen LogP contribution >= 0.6 is 0 Å². The molecule has 0 saturated carbocycles. The number of carbonyl (C=O) groups excluding carboxylic acids is 1. The molecule has 2 aliphatic heterocycles. The molecule has 1 N–H and O–H groups in total. The largest absolute Gasteiger partial charge is 0.315 e. The van der Waals surface area contributed by atoms with Crippen LogP contribution < -0.4 is 5.32 Å². The van der Waals surface area contributed by atoms with Crippen molar-refractivity contribution >= 4 is 22.6 Å². The second kappa shape index (κ2) is 5.51. The first-order valence-electron chi connectivity index (χ1n) is 7.50. The first kappa shape index (κ1) is 13.4. The summed E-state index contributed by atoms with van der Waals surface area (Å²) < 4.78 is 0. The van der Waals surface area contributed by atoms with Crippen molar-refractivity contribution in [1.29, 1.82) is 0 Å². The Balaban J connectivity index is 1.72. The van der Waals surface area contributed by atoms with Gasteiger partial charge in [0, 0.05) is 13.1 Å². The van der Waals surface area contributed by atoms with Crippen molar-refractivity contribution in [2.45, 2.75) is 13.0 Å². The maximum absolute atomic E-state index is 11.8. The van der Waals surface area contributed by atoms with Crippen molar-refractivity contribution in [2.75, 3.05) is 26.2 Å². The van der Waals surface area contributed by atoms with E-state index in [0.29, 0.717) is 23.3 Å². The second-order valence-electron chi connectivity index (χ2n) is 5.55. The van der Waals surface area contributed by atoms with Crippen LogP contribution in [-0.2, 0) is 6.54 Å². The lowest BCUT2D eigenvalue weighted by molar-refractivity contribution is 0.0995. The van der Waals surface area contributed by atoms with Gasteiger partial charge in [0.15, 0.2) is 5.82 Å². The van der Waals surface area contributed by atoms with Gasteiger partial charge in [-0.05, 0) is 31.6 Å². The second-order valence-corrected chi connectivity index (χ2v) is 5.55. The van der Waals surface area contributed by atoms with E-state index in [2.05, 4.69) is 30.4 Å². The van der Waals surface area contributed by atoms with Crippen LogP contribution in [0.4, 0.5) is 5.82 Å². The maximum atomic E-state index is 11.8. The molecule has 112 valence electrons. The summed E-state index contributed by atoms with van der Waals surface area (Å²) in [6, 6.07) is 5.47. The Kier molecular flexibility index (Phi) is 3.36. The number of carbonyl (C=O) groups is 1. The quantitative estimate of drug-likeness (QED) is 0.911. The minimum Gasteiger partial charge on any atom is -0.315 e. The van der Waals surface area contributed by atoms with Gasteiger partial charge in [0.25, 0.3) is 5.91 Å². The predicted molar refractivity (Wildman–Crippen MR) is 81.1 cm³/mol. The molecule has 0 atom stereocenters. The van der Waals surface area contributed by atoms with Crippen LogP contribution in [-0.4, -0.2) is 47.0 Å². The summed E-state index contributed by atoms with van der Waals surface area (Å²) in [5, 5.41) is 11.7. The van der Waals surface area contributed by atoms with Crippen molar-refractivity contribution in [3.63, 3.8) is 0 Å². The number of nitrogens with one attached hydrogen (secondary N) is 1. The molecule has 1 aromatic heterocycles. The van der Waals surface area contributed by atoms with E-state index in [4.69, 9.17) is 0 Å². The minimum atomic E-state index is -0.326. The summed E-state index contributed by atoms with van der Waals surface area (Å²) in [6.45, 7) is 4.75. The Morgan fingerprint density at radius 2 is 2.09 bits per heavy atom. The van der Waals surface area contributed by atoms with Crippen LogP contribution in [0.3, 0.4) is 0 Å². The molecule has 1 amide bonds. The van der Waals surface area contributed by atoms with Crippen LogP contribution in [0.2, 0.25) is 0 Å². The molecule has 0 spiro atoms. The van der Waals surface area contributed by atoms with Gasteiger partial charge in [-0.25, -0.2) is 9.97 Å². The van der Waals surface area contributed by atoms with Crippen LogP contribution in [0.5, 0.6) is 0 Å². The molecule has 1 fully saturated rings. The van der Waals surface area contributed by atoms with Crippen molar-refractivity contribution in [2.24, 2.45) is 10.2 Å². The molecule has 0 radical (unpaired) electrons. The van der Waals surface area contributed by atoms with E-state index in [-0.39, 0.29) is 5.91 Å². The van der Waals surface area contributed by atoms with Gasteiger partial charge in [-0.3, -0.25) is 9.69 Å². The average Bonchev–Trinajstić information content (AvgIpc) is 2.79. The van der Waals surface area contributed by atoms with Gasteiger partial charge >= 0.3 is 0 Å². The van der Waals surface area contributed by atoms with Gasteiger partial charge in [0.05, 0.1) is 23.0 Å². The van der Waals surface area contributed by atoms with Crippen molar-refractivity contribution in [1.82, 2.24) is 20.2 Å². The van der Waals surface area contributed by atoms with Crippen LogP contribution in [0.1, 0.15) is 22.6 Å². The molecule has 2 aromatic rings. The summed E-state index contributed by atoms with van der Waals surface area (Å²) in [7, 11) is 0. The average molecular weight is 296 g/mol. The molecule has 22 heavy (non-hydrogen) atoms. The van der Waals surface area contributed by atoms with E-state index in [9.17, 15) is 4.79 Å². The zero-order valence-electron chi connectivity index (χ0n) is 12.1. The highest BCUT2D eigenvalue weighted by Crippen LogP contribution is 2.31. The van der Waals surface area contributed by atoms with Gasteiger partial charge in [0.1, 0.15) is 5.82 Å². The van der Waals surface area contributed by atoms with Crippen LogP contribution in [0.25, 0.3) is 10.9 Å².